The van der Waals surface area contributed by atoms with E-state index in [9.17, 15) is 4.79 Å². The number of ether oxygens (including phenoxy) is 1. The molecule has 38 heavy (non-hydrogen) atoms. The number of para-hydroxylation sites is 1. The molecule has 4 rings (SSSR count). The molecule has 1 amide bonds. The molecule has 0 bridgehead atoms. The van der Waals surface area contributed by atoms with Crippen molar-refractivity contribution in [1.82, 2.24) is 15.3 Å². The number of amides is 1. The van der Waals surface area contributed by atoms with Crippen molar-refractivity contribution >= 4 is 17.0 Å². The first-order valence-corrected chi connectivity index (χ1v) is 13.1. The van der Waals surface area contributed by atoms with Gasteiger partial charge in [0.1, 0.15) is 30.6 Å². The van der Waals surface area contributed by atoms with Gasteiger partial charge in [-0.15, -0.1) is 0 Å². The Morgan fingerprint density at radius 2 is 1.76 bits per heavy atom. The number of nitrogens with one attached hydrogen (secondary N) is 2. The number of carbonyl (C=O) groups excluding carboxylic acids is 1. The van der Waals surface area contributed by atoms with Crippen LogP contribution >= 0.6 is 0 Å². The van der Waals surface area contributed by atoms with Gasteiger partial charge >= 0.3 is 6.09 Å². The summed E-state index contributed by atoms with van der Waals surface area (Å²) in [6, 6.07) is 17.3. The predicted octanol–water partition coefficient (Wildman–Crippen LogP) is 7.47. The van der Waals surface area contributed by atoms with E-state index in [1.807, 2.05) is 81.6 Å². The quantitative estimate of drug-likeness (QED) is 0.121. The van der Waals surface area contributed by atoms with Crippen LogP contribution in [0, 0.1) is 5.92 Å². The van der Waals surface area contributed by atoms with Gasteiger partial charge in [-0.05, 0) is 44.7 Å². The summed E-state index contributed by atoms with van der Waals surface area (Å²) in [5, 5.41) is 3.97. The number of oxazole rings is 1. The van der Waals surface area contributed by atoms with Gasteiger partial charge < -0.3 is 19.5 Å². The number of alkyl carbamates (subject to hydrolysis) is 1. The normalized spacial score (nSPS) is 13.4. The Hall–Kier alpha value is -3.62. The van der Waals surface area contributed by atoms with Crippen molar-refractivity contribution in [1.29, 1.82) is 0 Å². The third-order valence-corrected chi connectivity index (χ3v) is 6.22. The number of aromatic amines is 1. The fourth-order valence-corrected chi connectivity index (χ4v) is 4.11. The second kappa shape index (κ2) is 12.3. The van der Waals surface area contributed by atoms with E-state index in [0.29, 0.717) is 36.3 Å². The van der Waals surface area contributed by atoms with E-state index in [0.717, 1.165) is 28.5 Å². The zero-order valence-corrected chi connectivity index (χ0v) is 22.7. The molecule has 202 valence electrons. The lowest BCUT2D eigenvalue weighted by atomic mass is 9.99. The van der Waals surface area contributed by atoms with Crippen LogP contribution < -0.4 is 5.32 Å². The first kappa shape index (κ1) is 27.4. The summed E-state index contributed by atoms with van der Waals surface area (Å²) in [5.41, 5.74) is 2.81. The first-order chi connectivity index (χ1) is 18.2. The maximum absolute atomic E-state index is 12.7. The van der Waals surface area contributed by atoms with Crippen molar-refractivity contribution in [2.45, 2.75) is 72.3 Å². The molecule has 0 spiro atoms. The molecule has 8 heteroatoms. The summed E-state index contributed by atoms with van der Waals surface area (Å²) in [7, 11) is 0. The van der Waals surface area contributed by atoms with Crippen molar-refractivity contribution in [2.24, 2.45) is 5.92 Å². The fourth-order valence-electron chi connectivity index (χ4n) is 4.11. The lowest BCUT2D eigenvalue weighted by molar-refractivity contribution is -0.313. The Balaban J connectivity index is 1.62. The van der Waals surface area contributed by atoms with Crippen LogP contribution in [0.3, 0.4) is 0 Å². The summed E-state index contributed by atoms with van der Waals surface area (Å²) < 4.78 is 11.9. The molecular formula is C30H37N3O5. The van der Waals surface area contributed by atoms with Crippen molar-refractivity contribution < 1.29 is 23.7 Å². The van der Waals surface area contributed by atoms with Gasteiger partial charge in [0.15, 0.2) is 5.76 Å². The zero-order chi connectivity index (χ0) is 27.1. The molecule has 0 saturated carbocycles. The molecule has 1 unspecified atom stereocenters. The summed E-state index contributed by atoms with van der Waals surface area (Å²) in [4.78, 5) is 31.8. The smallest absolute Gasteiger partial charge is 0.408 e. The fraction of sp³-hybridized carbons (Fsp3) is 0.400. The Morgan fingerprint density at radius 3 is 2.50 bits per heavy atom. The van der Waals surface area contributed by atoms with Gasteiger partial charge in [0.05, 0.1) is 0 Å². The van der Waals surface area contributed by atoms with Crippen LogP contribution in [-0.2, 0) is 27.7 Å². The molecule has 2 aromatic carbocycles. The molecule has 8 nitrogen and oxygen atoms in total. The van der Waals surface area contributed by atoms with E-state index < -0.39 is 17.7 Å². The number of aromatic nitrogens is 2. The van der Waals surface area contributed by atoms with Crippen LogP contribution in [0.5, 0.6) is 0 Å². The number of hydrogen-bond donors (Lipinski definition) is 2. The van der Waals surface area contributed by atoms with Crippen LogP contribution in [0.2, 0.25) is 0 Å². The van der Waals surface area contributed by atoms with Gasteiger partial charge in [0.25, 0.3) is 0 Å². The number of carbonyl (C=O) groups is 1. The SMILES string of the molecule is CC[C@@H](C)CC(NC(=O)OC(C)(C)C)c1nc(COOCc2ccccc2)c(-c2c[nH]c3ccccc23)o1. The molecule has 0 radical (unpaired) electrons. The minimum atomic E-state index is -0.619. The molecule has 4 aromatic rings. The number of benzene rings is 2. The Labute approximate surface area is 223 Å². The zero-order valence-electron chi connectivity index (χ0n) is 22.7. The summed E-state index contributed by atoms with van der Waals surface area (Å²) >= 11 is 0. The van der Waals surface area contributed by atoms with E-state index in [1.165, 1.54) is 0 Å². The Kier molecular flexibility index (Phi) is 8.86. The topological polar surface area (TPSA) is 98.6 Å². The van der Waals surface area contributed by atoms with Gasteiger partial charge in [-0.3, -0.25) is 0 Å². The molecule has 2 N–H and O–H groups in total. The maximum atomic E-state index is 12.7. The van der Waals surface area contributed by atoms with Crippen LogP contribution in [0.4, 0.5) is 4.79 Å². The van der Waals surface area contributed by atoms with Crippen molar-refractivity contribution in [3.63, 3.8) is 0 Å². The number of H-pyrrole nitrogens is 1. The standard InChI is InChI=1S/C30H37N3O5/c1-6-20(2)16-25(33-29(34)38-30(3,4)5)28-32-26(19-36-35-18-21-12-8-7-9-13-21)27(37-28)23-17-31-24-15-11-10-14-22(23)24/h7-15,17,20,25,31H,6,16,18-19H2,1-5H3,(H,33,34)/t20-,25?/m1/s1. The average Bonchev–Trinajstić information content (AvgIpc) is 3.50. The second-order valence-corrected chi connectivity index (χ2v) is 10.5. The monoisotopic (exact) mass is 519 g/mol. The Morgan fingerprint density at radius 1 is 1.05 bits per heavy atom. The van der Waals surface area contributed by atoms with Crippen molar-refractivity contribution in [3.8, 4) is 11.3 Å². The lowest BCUT2D eigenvalue weighted by Crippen LogP contribution is -2.35. The minimum absolute atomic E-state index is 0.0770. The van der Waals surface area contributed by atoms with Crippen molar-refractivity contribution in [3.05, 3.63) is 77.9 Å². The van der Waals surface area contributed by atoms with E-state index in [-0.39, 0.29) is 6.61 Å². The summed E-state index contributed by atoms with van der Waals surface area (Å²) in [6.45, 7) is 10.1. The number of nitrogens with zero attached hydrogens (tertiary/aromatic N) is 1. The van der Waals surface area contributed by atoms with Gasteiger partial charge in [-0.1, -0.05) is 68.8 Å². The number of rotatable bonds is 11. The Bertz CT molecular complexity index is 1320. The second-order valence-electron chi connectivity index (χ2n) is 10.5. The highest BCUT2D eigenvalue weighted by molar-refractivity contribution is 5.94. The molecule has 2 aromatic heterocycles. The van der Waals surface area contributed by atoms with Crippen LogP contribution in [0.25, 0.3) is 22.2 Å². The number of fused-ring (bicyclic) bond motifs is 1. The van der Waals surface area contributed by atoms with Gasteiger partial charge in [-0.25, -0.2) is 19.6 Å². The molecule has 2 heterocycles. The summed E-state index contributed by atoms with van der Waals surface area (Å²) in [5.74, 6) is 1.30. The van der Waals surface area contributed by atoms with E-state index in [1.54, 1.807) is 0 Å². The average molecular weight is 520 g/mol. The first-order valence-electron chi connectivity index (χ1n) is 13.1. The van der Waals surface area contributed by atoms with Gasteiger partial charge in [0.2, 0.25) is 5.89 Å². The van der Waals surface area contributed by atoms with Gasteiger partial charge in [-0.2, -0.15) is 0 Å². The highest BCUT2D eigenvalue weighted by atomic mass is 17.2. The summed E-state index contributed by atoms with van der Waals surface area (Å²) in [6.07, 6.45) is 2.98. The third-order valence-electron chi connectivity index (χ3n) is 6.22. The minimum Gasteiger partial charge on any atom is -0.444 e. The number of hydrogen-bond acceptors (Lipinski definition) is 6. The van der Waals surface area contributed by atoms with Crippen molar-refractivity contribution in [2.75, 3.05) is 0 Å². The van der Waals surface area contributed by atoms with E-state index in [2.05, 4.69) is 24.1 Å². The predicted molar refractivity (Wildman–Crippen MR) is 146 cm³/mol. The molecule has 0 aliphatic carbocycles. The molecule has 0 aliphatic heterocycles. The largest absolute Gasteiger partial charge is 0.444 e. The highest BCUT2D eigenvalue weighted by Crippen LogP contribution is 2.35. The molecule has 0 aliphatic rings. The van der Waals surface area contributed by atoms with E-state index >= 15 is 0 Å². The molecular weight excluding hydrogens is 482 g/mol. The third kappa shape index (κ3) is 7.24. The molecule has 0 fully saturated rings. The molecule has 2 atom stereocenters. The lowest BCUT2D eigenvalue weighted by Gasteiger charge is -2.23. The maximum Gasteiger partial charge on any atom is 0.408 e. The van der Waals surface area contributed by atoms with Gasteiger partial charge in [0, 0.05) is 22.7 Å². The van der Waals surface area contributed by atoms with E-state index in [4.69, 9.17) is 23.9 Å². The molecule has 0 saturated heterocycles. The van der Waals surface area contributed by atoms with Crippen LogP contribution in [0.1, 0.15) is 70.7 Å². The van der Waals surface area contributed by atoms with Crippen LogP contribution in [-0.4, -0.2) is 21.7 Å². The van der Waals surface area contributed by atoms with Crippen LogP contribution in [0.15, 0.2) is 65.2 Å². The highest BCUT2D eigenvalue weighted by Gasteiger charge is 2.28.